The number of nitrogens with zero attached hydrogens (tertiary/aromatic N) is 2. The van der Waals surface area contributed by atoms with Crippen LogP contribution in [0.25, 0.3) is 11.4 Å². The molecular formula is C15H13N3OS. The van der Waals surface area contributed by atoms with E-state index in [2.05, 4.69) is 10.1 Å². The Labute approximate surface area is 121 Å². The summed E-state index contributed by atoms with van der Waals surface area (Å²) in [5.41, 5.74) is 7.45. The monoisotopic (exact) mass is 283 g/mol. The quantitative estimate of drug-likeness (QED) is 0.585. The average molecular weight is 283 g/mol. The minimum Gasteiger partial charge on any atom is -0.399 e. The lowest BCUT2D eigenvalue weighted by atomic mass is 10.2. The second-order valence-electron chi connectivity index (χ2n) is 4.24. The molecule has 0 saturated carbocycles. The SMILES string of the molecule is Nc1cccc(SCc2nc(-c3ccccc3)no2)c1. The van der Waals surface area contributed by atoms with E-state index in [9.17, 15) is 0 Å². The van der Waals surface area contributed by atoms with Crippen LogP contribution >= 0.6 is 11.8 Å². The Kier molecular flexibility index (Phi) is 3.69. The standard InChI is InChI=1S/C15H13N3OS/c16-12-7-4-8-13(9-12)20-10-14-17-15(18-19-14)11-5-2-1-3-6-11/h1-9H,10,16H2. The van der Waals surface area contributed by atoms with E-state index in [1.807, 2.05) is 54.6 Å². The van der Waals surface area contributed by atoms with E-state index < -0.39 is 0 Å². The molecule has 4 nitrogen and oxygen atoms in total. The first kappa shape index (κ1) is 12.7. The van der Waals surface area contributed by atoms with E-state index in [1.165, 1.54) is 0 Å². The molecule has 0 aliphatic rings. The van der Waals surface area contributed by atoms with E-state index in [0.717, 1.165) is 16.1 Å². The molecule has 0 radical (unpaired) electrons. The van der Waals surface area contributed by atoms with E-state index in [4.69, 9.17) is 10.3 Å². The van der Waals surface area contributed by atoms with Gasteiger partial charge in [0.2, 0.25) is 11.7 Å². The fraction of sp³-hybridized carbons (Fsp3) is 0.0667. The molecule has 0 atom stereocenters. The molecule has 0 saturated heterocycles. The molecule has 0 amide bonds. The first-order chi connectivity index (χ1) is 9.81. The minimum absolute atomic E-state index is 0.608. The third kappa shape index (κ3) is 3.00. The van der Waals surface area contributed by atoms with Crippen molar-refractivity contribution in [2.24, 2.45) is 0 Å². The number of rotatable bonds is 4. The predicted molar refractivity (Wildman–Crippen MR) is 80.1 cm³/mol. The molecule has 100 valence electrons. The lowest BCUT2D eigenvalue weighted by molar-refractivity contribution is 0.391. The van der Waals surface area contributed by atoms with Crippen LogP contribution in [0.4, 0.5) is 5.69 Å². The third-order valence-electron chi connectivity index (χ3n) is 2.72. The van der Waals surface area contributed by atoms with Gasteiger partial charge in [0.05, 0.1) is 5.75 Å². The number of hydrogen-bond acceptors (Lipinski definition) is 5. The van der Waals surface area contributed by atoms with Crippen molar-refractivity contribution < 1.29 is 4.52 Å². The van der Waals surface area contributed by atoms with Crippen molar-refractivity contribution in [1.82, 2.24) is 10.1 Å². The van der Waals surface area contributed by atoms with Gasteiger partial charge in [0.1, 0.15) is 0 Å². The topological polar surface area (TPSA) is 64.9 Å². The van der Waals surface area contributed by atoms with Crippen molar-refractivity contribution in [3.63, 3.8) is 0 Å². The number of benzene rings is 2. The van der Waals surface area contributed by atoms with Crippen molar-refractivity contribution in [3.05, 3.63) is 60.5 Å². The van der Waals surface area contributed by atoms with E-state index in [-0.39, 0.29) is 0 Å². The minimum atomic E-state index is 0.608. The highest BCUT2D eigenvalue weighted by molar-refractivity contribution is 7.98. The van der Waals surface area contributed by atoms with Crippen molar-refractivity contribution in [2.45, 2.75) is 10.6 Å². The second kappa shape index (κ2) is 5.79. The third-order valence-corrected chi connectivity index (χ3v) is 3.70. The zero-order valence-corrected chi connectivity index (χ0v) is 11.5. The molecule has 0 spiro atoms. The van der Waals surface area contributed by atoms with E-state index in [0.29, 0.717) is 17.5 Å². The lowest BCUT2D eigenvalue weighted by Gasteiger charge is -1.99. The average Bonchev–Trinajstić information content (AvgIpc) is 2.95. The highest BCUT2D eigenvalue weighted by Crippen LogP contribution is 2.24. The van der Waals surface area contributed by atoms with E-state index >= 15 is 0 Å². The zero-order valence-electron chi connectivity index (χ0n) is 10.7. The van der Waals surface area contributed by atoms with Crippen LogP contribution in [0.3, 0.4) is 0 Å². The first-order valence-corrected chi connectivity index (χ1v) is 7.16. The Morgan fingerprint density at radius 2 is 1.90 bits per heavy atom. The number of hydrogen-bond donors (Lipinski definition) is 1. The molecule has 0 aliphatic carbocycles. The van der Waals surface area contributed by atoms with Crippen LogP contribution in [0, 0.1) is 0 Å². The van der Waals surface area contributed by atoms with Gasteiger partial charge in [-0.15, -0.1) is 11.8 Å². The molecule has 20 heavy (non-hydrogen) atoms. The van der Waals surface area contributed by atoms with Crippen molar-refractivity contribution in [2.75, 3.05) is 5.73 Å². The van der Waals surface area contributed by atoms with Gasteiger partial charge in [-0.3, -0.25) is 0 Å². The van der Waals surface area contributed by atoms with Crippen LogP contribution in [0.15, 0.2) is 64.0 Å². The van der Waals surface area contributed by atoms with Gasteiger partial charge in [-0.05, 0) is 18.2 Å². The molecule has 1 heterocycles. The highest BCUT2D eigenvalue weighted by Gasteiger charge is 2.08. The molecule has 2 aromatic carbocycles. The van der Waals surface area contributed by atoms with Gasteiger partial charge in [-0.2, -0.15) is 4.98 Å². The molecule has 3 rings (SSSR count). The largest absolute Gasteiger partial charge is 0.399 e. The molecule has 0 bridgehead atoms. The summed E-state index contributed by atoms with van der Waals surface area (Å²) >= 11 is 1.62. The smallest absolute Gasteiger partial charge is 0.237 e. The fourth-order valence-corrected chi connectivity index (χ4v) is 2.57. The Hall–Kier alpha value is -2.27. The van der Waals surface area contributed by atoms with Gasteiger partial charge < -0.3 is 10.3 Å². The number of nitrogens with two attached hydrogens (primary N) is 1. The lowest BCUT2D eigenvalue weighted by Crippen LogP contribution is -1.85. The molecular weight excluding hydrogens is 270 g/mol. The fourth-order valence-electron chi connectivity index (χ4n) is 1.77. The molecule has 2 N–H and O–H groups in total. The summed E-state index contributed by atoms with van der Waals surface area (Å²) in [7, 11) is 0. The zero-order chi connectivity index (χ0) is 13.8. The van der Waals surface area contributed by atoms with Crippen molar-refractivity contribution >= 4 is 17.4 Å². The summed E-state index contributed by atoms with van der Waals surface area (Å²) in [6.45, 7) is 0. The van der Waals surface area contributed by atoms with Gasteiger partial charge in [0, 0.05) is 16.1 Å². The summed E-state index contributed by atoms with van der Waals surface area (Å²) in [5, 5.41) is 3.99. The van der Waals surface area contributed by atoms with Gasteiger partial charge in [0.25, 0.3) is 0 Å². The Bertz CT molecular complexity index is 697. The predicted octanol–water partition coefficient (Wildman–Crippen LogP) is 3.61. The Balaban J connectivity index is 1.69. The van der Waals surface area contributed by atoms with Crippen LogP contribution in [0.5, 0.6) is 0 Å². The van der Waals surface area contributed by atoms with Crippen LogP contribution in [0.1, 0.15) is 5.89 Å². The van der Waals surface area contributed by atoms with Crippen LogP contribution in [-0.4, -0.2) is 10.1 Å². The maximum atomic E-state index is 5.74. The number of thioether (sulfide) groups is 1. The van der Waals surface area contributed by atoms with Gasteiger partial charge >= 0.3 is 0 Å². The highest BCUT2D eigenvalue weighted by atomic mass is 32.2. The number of nitrogen functional groups attached to an aromatic ring is 1. The summed E-state index contributed by atoms with van der Waals surface area (Å²) in [5.74, 6) is 1.86. The summed E-state index contributed by atoms with van der Waals surface area (Å²) < 4.78 is 5.26. The van der Waals surface area contributed by atoms with Gasteiger partial charge in [0.15, 0.2) is 0 Å². The molecule has 1 aromatic heterocycles. The van der Waals surface area contributed by atoms with Gasteiger partial charge in [-0.1, -0.05) is 41.6 Å². The molecule has 5 heteroatoms. The number of aromatic nitrogens is 2. The van der Waals surface area contributed by atoms with Crippen LogP contribution in [-0.2, 0) is 5.75 Å². The molecule has 3 aromatic rings. The van der Waals surface area contributed by atoms with Crippen molar-refractivity contribution in [1.29, 1.82) is 0 Å². The van der Waals surface area contributed by atoms with Crippen LogP contribution < -0.4 is 5.73 Å². The normalized spacial score (nSPS) is 10.6. The molecule has 0 unspecified atom stereocenters. The maximum absolute atomic E-state index is 5.74. The summed E-state index contributed by atoms with van der Waals surface area (Å²) in [4.78, 5) is 5.48. The van der Waals surface area contributed by atoms with E-state index in [1.54, 1.807) is 11.8 Å². The maximum Gasteiger partial charge on any atom is 0.237 e. The molecule has 0 fully saturated rings. The summed E-state index contributed by atoms with van der Waals surface area (Å²) in [6, 6.07) is 17.5. The first-order valence-electron chi connectivity index (χ1n) is 6.17. The summed E-state index contributed by atoms with van der Waals surface area (Å²) in [6.07, 6.45) is 0. The van der Waals surface area contributed by atoms with Crippen molar-refractivity contribution in [3.8, 4) is 11.4 Å². The van der Waals surface area contributed by atoms with Crippen LogP contribution in [0.2, 0.25) is 0 Å². The Morgan fingerprint density at radius 3 is 2.70 bits per heavy atom. The Morgan fingerprint density at radius 1 is 1.05 bits per heavy atom. The van der Waals surface area contributed by atoms with Gasteiger partial charge in [-0.25, -0.2) is 0 Å². The number of anilines is 1. The molecule has 0 aliphatic heterocycles. The second-order valence-corrected chi connectivity index (χ2v) is 5.29.